The average Bonchev–Trinajstić information content (AvgIpc) is 2.27. The van der Waals surface area contributed by atoms with E-state index in [0.29, 0.717) is 11.4 Å². The van der Waals surface area contributed by atoms with E-state index in [1.54, 1.807) is 6.07 Å². The molecule has 94 valence electrons. The fourth-order valence-electron chi connectivity index (χ4n) is 1.78. The van der Waals surface area contributed by atoms with Crippen LogP contribution in [0.25, 0.3) is 0 Å². The molecule has 0 fully saturated rings. The van der Waals surface area contributed by atoms with Crippen molar-refractivity contribution >= 4 is 12.6 Å². The monoisotopic (exact) mass is 235 g/mol. The van der Waals surface area contributed by atoms with Crippen molar-refractivity contribution in [2.24, 2.45) is 5.92 Å². The third kappa shape index (κ3) is 4.90. The minimum Gasteiger partial charge on any atom is -0.423 e. The first kappa shape index (κ1) is 14.2. The maximum atomic E-state index is 9.27. The van der Waals surface area contributed by atoms with Crippen molar-refractivity contribution in [1.29, 1.82) is 0 Å². The number of benzene rings is 1. The van der Waals surface area contributed by atoms with E-state index < -0.39 is 7.12 Å². The van der Waals surface area contributed by atoms with Crippen LogP contribution < -0.4 is 5.46 Å². The molecule has 1 aromatic rings. The molecule has 0 bridgehead atoms. The zero-order valence-electron chi connectivity index (χ0n) is 10.9. The Hall–Kier alpha value is -0.835. The number of nitrogens with zero attached hydrogens (tertiary/aromatic N) is 1. The Kier molecular flexibility index (Phi) is 5.68. The summed E-state index contributed by atoms with van der Waals surface area (Å²) >= 11 is 0. The molecule has 0 aliphatic rings. The van der Waals surface area contributed by atoms with Gasteiger partial charge in [-0.3, -0.25) is 0 Å². The van der Waals surface area contributed by atoms with Crippen molar-refractivity contribution in [3.05, 3.63) is 29.8 Å². The Bertz CT molecular complexity index is 342. The van der Waals surface area contributed by atoms with Gasteiger partial charge >= 0.3 is 7.12 Å². The van der Waals surface area contributed by atoms with Crippen molar-refractivity contribution < 1.29 is 10.0 Å². The van der Waals surface area contributed by atoms with E-state index in [9.17, 15) is 10.0 Å². The smallest absolute Gasteiger partial charge is 0.423 e. The largest absolute Gasteiger partial charge is 0.488 e. The molecule has 0 aromatic heterocycles. The molecule has 0 spiro atoms. The van der Waals surface area contributed by atoms with Gasteiger partial charge in [0, 0.05) is 6.54 Å². The van der Waals surface area contributed by atoms with Crippen LogP contribution in [0.4, 0.5) is 0 Å². The number of hydrogen-bond donors (Lipinski definition) is 2. The first-order chi connectivity index (χ1) is 8.00. The van der Waals surface area contributed by atoms with Crippen LogP contribution in [0.2, 0.25) is 0 Å². The highest BCUT2D eigenvalue weighted by Gasteiger charge is 2.15. The summed E-state index contributed by atoms with van der Waals surface area (Å²) in [5.41, 5.74) is 1.58. The third-order valence-corrected chi connectivity index (χ3v) is 2.86. The van der Waals surface area contributed by atoms with Crippen molar-refractivity contribution in [2.75, 3.05) is 13.6 Å². The second-order valence-corrected chi connectivity index (χ2v) is 4.99. The van der Waals surface area contributed by atoms with Gasteiger partial charge in [-0.15, -0.1) is 0 Å². The van der Waals surface area contributed by atoms with E-state index in [-0.39, 0.29) is 0 Å². The number of rotatable bonds is 6. The fraction of sp³-hybridized carbons (Fsp3) is 0.538. The molecule has 0 amide bonds. The summed E-state index contributed by atoms with van der Waals surface area (Å²) in [7, 11) is 0.674. The van der Waals surface area contributed by atoms with Crippen LogP contribution in [0, 0.1) is 5.92 Å². The van der Waals surface area contributed by atoms with Gasteiger partial charge in [0.1, 0.15) is 0 Å². The molecular formula is C13H22BNO2. The van der Waals surface area contributed by atoms with Crippen LogP contribution >= 0.6 is 0 Å². The van der Waals surface area contributed by atoms with Crippen LogP contribution in [0.15, 0.2) is 24.3 Å². The van der Waals surface area contributed by atoms with Crippen LogP contribution in [0.1, 0.15) is 25.8 Å². The van der Waals surface area contributed by atoms with E-state index in [0.717, 1.165) is 25.1 Å². The summed E-state index contributed by atoms with van der Waals surface area (Å²) < 4.78 is 0. The van der Waals surface area contributed by atoms with Gasteiger partial charge in [-0.2, -0.15) is 0 Å². The third-order valence-electron chi connectivity index (χ3n) is 2.86. The summed E-state index contributed by atoms with van der Waals surface area (Å²) in [6.07, 6.45) is 1.15. The summed E-state index contributed by atoms with van der Waals surface area (Å²) in [6, 6.07) is 7.46. The molecular weight excluding hydrogens is 213 g/mol. The highest BCUT2D eigenvalue weighted by Crippen LogP contribution is 2.05. The van der Waals surface area contributed by atoms with Gasteiger partial charge in [-0.05, 0) is 37.0 Å². The summed E-state index contributed by atoms with van der Waals surface area (Å²) in [5.74, 6) is 0.691. The fourth-order valence-corrected chi connectivity index (χ4v) is 1.78. The SMILES string of the molecule is CC(C)CCN(C)Cc1ccccc1B(O)O. The molecule has 0 heterocycles. The Labute approximate surface area is 104 Å². The van der Waals surface area contributed by atoms with E-state index in [2.05, 4.69) is 25.8 Å². The maximum absolute atomic E-state index is 9.27. The van der Waals surface area contributed by atoms with E-state index in [4.69, 9.17) is 0 Å². The zero-order valence-corrected chi connectivity index (χ0v) is 10.9. The predicted molar refractivity (Wildman–Crippen MR) is 72.1 cm³/mol. The lowest BCUT2D eigenvalue weighted by Crippen LogP contribution is -2.35. The van der Waals surface area contributed by atoms with Crippen LogP contribution in [0.5, 0.6) is 0 Å². The van der Waals surface area contributed by atoms with Gasteiger partial charge in [0.15, 0.2) is 0 Å². The standard InChI is InChI=1S/C13H22BNO2/c1-11(2)8-9-15(3)10-12-6-4-5-7-13(12)14(16)17/h4-7,11,16-17H,8-10H2,1-3H3. The summed E-state index contributed by atoms with van der Waals surface area (Å²) in [5, 5.41) is 18.5. The molecule has 0 saturated heterocycles. The van der Waals surface area contributed by atoms with Gasteiger partial charge < -0.3 is 14.9 Å². The van der Waals surface area contributed by atoms with Crippen LogP contribution in [-0.4, -0.2) is 35.7 Å². The van der Waals surface area contributed by atoms with Crippen molar-refractivity contribution in [1.82, 2.24) is 4.90 Å². The Morgan fingerprint density at radius 1 is 1.24 bits per heavy atom. The molecule has 0 aliphatic heterocycles. The quantitative estimate of drug-likeness (QED) is 0.718. The van der Waals surface area contributed by atoms with Gasteiger partial charge in [-0.1, -0.05) is 38.1 Å². The second-order valence-electron chi connectivity index (χ2n) is 4.99. The zero-order chi connectivity index (χ0) is 12.8. The topological polar surface area (TPSA) is 43.7 Å². The van der Waals surface area contributed by atoms with Crippen molar-refractivity contribution in [3.8, 4) is 0 Å². The lowest BCUT2D eigenvalue weighted by atomic mass is 9.77. The normalized spacial score (nSPS) is 11.2. The van der Waals surface area contributed by atoms with Gasteiger partial charge in [0.2, 0.25) is 0 Å². The van der Waals surface area contributed by atoms with E-state index in [1.807, 2.05) is 18.2 Å². The Morgan fingerprint density at radius 2 is 1.88 bits per heavy atom. The molecule has 4 heteroatoms. The molecule has 0 radical (unpaired) electrons. The maximum Gasteiger partial charge on any atom is 0.488 e. The molecule has 1 aromatic carbocycles. The lowest BCUT2D eigenvalue weighted by molar-refractivity contribution is 0.303. The van der Waals surface area contributed by atoms with Gasteiger partial charge in [0.05, 0.1) is 0 Å². The molecule has 0 unspecified atom stereocenters. The summed E-state index contributed by atoms with van der Waals surface area (Å²) in [6.45, 7) is 6.19. The van der Waals surface area contributed by atoms with Crippen molar-refractivity contribution in [3.63, 3.8) is 0 Å². The molecule has 2 N–H and O–H groups in total. The summed E-state index contributed by atoms with van der Waals surface area (Å²) in [4.78, 5) is 2.21. The molecule has 3 nitrogen and oxygen atoms in total. The molecule has 0 saturated carbocycles. The van der Waals surface area contributed by atoms with Crippen LogP contribution in [0.3, 0.4) is 0 Å². The van der Waals surface area contributed by atoms with Gasteiger partial charge in [0.25, 0.3) is 0 Å². The highest BCUT2D eigenvalue weighted by molar-refractivity contribution is 6.59. The van der Waals surface area contributed by atoms with Crippen LogP contribution in [-0.2, 0) is 6.54 Å². The average molecular weight is 235 g/mol. The highest BCUT2D eigenvalue weighted by atomic mass is 16.4. The lowest BCUT2D eigenvalue weighted by Gasteiger charge is -2.19. The Balaban J connectivity index is 2.61. The second kappa shape index (κ2) is 6.79. The Morgan fingerprint density at radius 3 is 2.47 bits per heavy atom. The molecule has 1 rings (SSSR count). The minimum absolute atomic E-state index is 0.601. The molecule has 17 heavy (non-hydrogen) atoms. The first-order valence-electron chi connectivity index (χ1n) is 6.13. The molecule has 0 atom stereocenters. The number of hydrogen-bond acceptors (Lipinski definition) is 3. The van der Waals surface area contributed by atoms with E-state index >= 15 is 0 Å². The van der Waals surface area contributed by atoms with Gasteiger partial charge in [-0.25, -0.2) is 0 Å². The first-order valence-corrected chi connectivity index (χ1v) is 6.13. The molecule has 0 aliphatic carbocycles. The van der Waals surface area contributed by atoms with Crippen molar-refractivity contribution in [2.45, 2.75) is 26.8 Å². The van der Waals surface area contributed by atoms with E-state index in [1.165, 1.54) is 0 Å². The predicted octanol–water partition coefficient (Wildman–Crippen LogP) is 0.844. The minimum atomic E-state index is -1.38.